The summed E-state index contributed by atoms with van der Waals surface area (Å²) in [5, 5.41) is 0. The van der Waals surface area contributed by atoms with Crippen LogP contribution in [0, 0.1) is 35.2 Å². The van der Waals surface area contributed by atoms with Crippen LogP contribution < -0.4 is 9.47 Å². The minimum Gasteiger partial charge on any atom is -0.492 e. The van der Waals surface area contributed by atoms with Crippen molar-refractivity contribution in [3.63, 3.8) is 0 Å². The van der Waals surface area contributed by atoms with Gasteiger partial charge in [-0.2, -0.15) is 8.78 Å². The largest absolute Gasteiger partial charge is 0.492 e. The SMILES string of the molecule is CCCCOc1ccc(C#Cc2ccc(C3=CC(F)C(C(F)(F)Oc4cc(F)c(F)c(F)c4)C(F)=C3)cc2)nc1. The first kappa shape index (κ1) is 28.7. The Labute approximate surface area is 226 Å². The lowest BCUT2D eigenvalue weighted by Gasteiger charge is -2.29. The van der Waals surface area contributed by atoms with Crippen molar-refractivity contribution in [3.05, 3.63) is 107 Å². The number of nitrogens with zero attached hydrogens (tertiary/aromatic N) is 1. The fourth-order valence-corrected chi connectivity index (χ4v) is 3.80. The quantitative estimate of drug-likeness (QED) is 0.121. The molecule has 0 radical (unpaired) electrons. The molecule has 2 unspecified atom stereocenters. The summed E-state index contributed by atoms with van der Waals surface area (Å²) >= 11 is 0. The molecule has 40 heavy (non-hydrogen) atoms. The Kier molecular flexibility index (Phi) is 8.83. The second kappa shape index (κ2) is 12.3. The van der Waals surface area contributed by atoms with Crippen molar-refractivity contribution >= 4 is 5.57 Å². The maximum Gasteiger partial charge on any atom is 0.410 e. The number of unbranched alkanes of at least 4 members (excludes halogenated alkanes) is 1. The minimum atomic E-state index is -4.55. The van der Waals surface area contributed by atoms with Crippen LogP contribution in [0.5, 0.6) is 11.5 Å². The van der Waals surface area contributed by atoms with Crippen molar-refractivity contribution in [2.24, 2.45) is 5.92 Å². The number of aromatic nitrogens is 1. The Bertz CT molecular complexity index is 1450. The maximum absolute atomic E-state index is 14.8. The summed E-state index contributed by atoms with van der Waals surface area (Å²) in [6.07, 6.45) is -2.07. The van der Waals surface area contributed by atoms with E-state index in [1.165, 1.54) is 12.1 Å². The number of allylic oxidation sites excluding steroid dienone is 3. The Balaban J connectivity index is 1.44. The summed E-state index contributed by atoms with van der Waals surface area (Å²) in [5.41, 5.74) is 1.41. The molecule has 0 saturated heterocycles. The first-order valence-electron chi connectivity index (χ1n) is 12.2. The van der Waals surface area contributed by atoms with Gasteiger partial charge in [0.05, 0.1) is 12.8 Å². The number of hydrogen-bond donors (Lipinski definition) is 0. The highest BCUT2D eigenvalue weighted by Gasteiger charge is 2.51. The monoisotopic (exact) mass is 561 g/mol. The molecule has 3 nitrogen and oxygen atoms in total. The van der Waals surface area contributed by atoms with Gasteiger partial charge in [0.15, 0.2) is 17.5 Å². The van der Waals surface area contributed by atoms with Gasteiger partial charge in [0.2, 0.25) is 0 Å². The van der Waals surface area contributed by atoms with E-state index in [1.807, 2.05) is 0 Å². The molecule has 0 fully saturated rings. The third-order valence-electron chi connectivity index (χ3n) is 5.88. The molecule has 1 heterocycles. The van der Waals surface area contributed by atoms with E-state index in [-0.39, 0.29) is 17.7 Å². The molecule has 0 spiro atoms. The van der Waals surface area contributed by atoms with E-state index < -0.39 is 47.2 Å². The van der Waals surface area contributed by atoms with E-state index in [0.29, 0.717) is 29.2 Å². The fraction of sp³-hybridized carbons (Fsp3) is 0.233. The zero-order chi connectivity index (χ0) is 28.9. The molecule has 2 aromatic carbocycles. The second-order valence-electron chi connectivity index (χ2n) is 8.85. The van der Waals surface area contributed by atoms with Gasteiger partial charge in [-0.05, 0) is 59.9 Å². The highest BCUT2D eigenvalue weighted by Crippen LogP contribution is 2.42. The van der Waals surface area contributed by atoms with Crippen LogP contribution in [0.3, 0.4) is 0 Å². The summed E-state index contributed by atoms with van der Waals surface area (Å²) in [7, 11) is 0. The van der Waals surface area contributed by atoms with E-state index in [4.69, 9.17) is 4.74 Å². The number of hydrogen-bond acceptors (Lipinski definition) is 3. The maximum atomic E-state index is 14.8. The normalized spacial score (nSPS) is 16.9. The zero-order valence-corrected chi connectivity index (χ0v) is 21.0. The third-order valence-corrected chi connectivity index (χ3v) is 5.88. The summed E-state index contributed by atoms with van der Waals surface area (Å²) < 4.78 is 108. The van der Waals surface area contributed by atoms with Crippen LogP contribution in [0.15, 0.2) is 72.7 Å². The van der Waals surface area contributed by atoms with Crippen LogP contribution in [0.25, 0.3) is 5.57 Å². The van der Waals surface area contributed by atoms with Gasteiger partial charge >= 0.3 is 6.11 Å². The Morgan fingerprint density at radius 2 is 1.62 bits per heavy atom. The van der Waals surface area contributed by atoms with E-state index in [1.54, 1.807) is 30.5 Å². The summed E-state index contributed by atoms with van der Waals surface area (Å²) in [6, 6.07) is 10.00. The van der Waals surface area contributed by atoms with Gasteiger partial charge in [-0.15, -0.1) is 0 Å². The van der Waals surface area contributed by atoms with Crippen molar-refractivity contribution < 1.29 is 40.2 Å². The van der Waals surface area contributed by atoms with Gasteiger partial charge in [0.25, 0.3) is 0 Å². The molecule has 0 amide bonds. The molecule has 0 bridgehead atoms. The number of benzene rings is 2. The van der Waals surface area contributed by atoms with Crippen LogP contribution in [0.4, 0.5) is 30.7 Å². The van der Waals surface area contributed by atoms with Crippen molar-refractivity contribution in [2.45, 2.75) is 32.0 Å². The second-order valence-corrected chi connectivity index (χ2v) is 8.85. The molecular weight excluding hydrogens is 539 g/mol. The van der Waals surface area contributed by atoms with Crippen molar-refractivity contribution in [1.29, 1.82) is 0 Å². The smallest absolute Gasteiger partial charge is 0.410 e. The minimum absolute atomic E-state index is 0.00393. The molecule has 1 aliphatic rings. The topological polar surface area (TPSA) is 31.4 Å². The van der Waals surface area contributed by atoms with Crippen LogP contribution >= 0.6 is 0 Å². The van der Waals surface area contributed by atoms with Crippen molar-refractivity contribution in [2.75, 3.05) is 6.61 Å². The number of halogens is 7. The number of alkyl halides is 3. The molecule has 2 atom stereocenters. The molecule has 0 saturated carbocycles. The molecule has 0 N–H and O–H groups in total. The molecule has 1 aromatic heterocycles. The predicted molar refractivity (Wildman–Crippen MR) is 135 cm³/mol. The highest BCUT2D eigenvalue weighted by molar-refractivity contribution is 5.76. The van der Waals surface area contributed by atoms with Crippen LogP contribution in [-0.4, -0.2) is 23.9 Å². The first-order chi connectivity index (χ1) is 19.1. The molecule has 0 aliphatic heterocycles. The summed E-state index contributed by atoms with van der Waals surface area (Å²) in [6.45, 7) is 2.66. The number of ether oxygens (including phenoxy) is 2. The van der Waals surface area contributed by atoms with E-state index in [9.17, 15) is 30.7 Å². The van der Waals surface area contributed by atoms with Gasteiger partial charge < -0.3 is 9.47 Å². The van der Waals surface area contributed by atoms with Crippen LogP contribution in [0.2, 0.25) is 0 Å². The number of rotatable bonds is 8. The molecule has 10 heteroatoms. The van der Waals surface area contributed by atoms with Gasteiger partial charge in [-0.3, -0.25) is 0 Å². The molecule has 3 aromatic rings. The summed E-state index contributed by atoms with van der Waals surface area (Å²) in [4.78, 5) is 4.22. The Morgan fingerprint density at radius 3 is 2.23 bits per heavy atom. The van der Waals surface area contributed by atoms with Gasteiger partial charge in [-0.1, -0.05) is 31.4 Å². The molecule has 4 rings (SSSR count). The molecule has 208 valence electrons. The number of pyridine rings is 1. The average Bonchev–Trinajstić information content (AvgIpc) is 2.91. The van der Waals surface area contributed by atoms with Crippen molar-refractivity contribution in [3.8, 4) is 23.3 Å². The van der Waals surface area contributed by atoms with Gasteiger partial charge in [-0.25, -0.2) is 26.9 Å². The molecule has 1 aliphatic carbocycles. The zero-order valence-electron chi connectivity index (χ0n) is 21.0. The Hall–Kier alpha value is -4.26. The van der Waals surface area contributed by atoms with Crippen molar-refractivity contribution in [1.82, 2.24) is 4.98 Å². The third kappa shape index (κ3) is 6.84. The van der Waals surface area contributed by atoms with E-state index >= 15 is 0 Å². The van der Waals surface area contributed by atoms with E-state index in [0.717, 1.165) is 25.0 Å². The van der Waals surface area contributed by atoms with E-state index in [2.05, 4.69) is 28.5 Å². The van der Waals surface area contributed by atoms with Gasteiger partial charge in [0, 0.05) is 17.7 Å². The lowest BCUT2D eigenvalue weighted by atomic mass is 9.89. The fourth-order valence-electron chi connectivity index (χ4n) is 3.80. The lowest BCUT2D eigenvalue weighted by molar-refractivity contribution is -0.219. The van der Waals surface area contributed by atoms with Crippen LogP contribution in [-0.2, 0) is 0 Å². The average molecular weight is 561 g/mol. The summed E-state index contributed by atoms with van der Waals surface area (Å²) in [5.74, 6) is -4.44. The standard InChI is InChI=1S/C30H22F7NO2/c1-2-3-12-39-22-11-10-21(38-17-22)9-6-18-4-7-19(8-5-18)20-13-24(31)28(25(32)14-20)30(36,37)40-23-15-26(33)29(35)27(34)16-23/h4-5,7-8,10-11,13-17,24,28H,2-3,12H2,1H3. The predicted octanol–water partition coefficient (Wildman–Crippen LogP) is 7.95. The molecular formula is C30H22F7NO2. The Morgan fingerprint density at radius 1 is 0.925 bits per heavy atom. The highest BCUT2D eigenvalue weighted by atomic mass is 19.3. The lowest BCUT2D eigenvalue weighted by Crippen LogP contribution is -2.41. The first-order valence-corrected chi connectivity index (χ1v) is 12.2. The van der Waals surface area contributed by atoms with Gasteiger partial charge in [0.1, 0.15) is 35.1 Å². The van der Waals surface area contributed by atoms with Crippen LogP contribution in [0.1, 0.15) is 36.6 Å².